The van der Waals surface area contributed by atoms with Gasteiger partial charge in [-0.15, -0.1) is 0 Å². The molecule has 0 aliphatic carbocycles. The van der Waals surface area contributed by atoms with Crippen LogP contribution in [0.2, 0.25) is 0 Å². The van der Waals surface area contributed by atoms with Crippen molar-refractivity contribution in [2.24, 2.45) is 0 Å². The van der Waals surface area contributed by atoms with Crippen molar-refractivity contribution in [2.75, 3.05) is 6.54 Å². The topological polar surface area (TPSA) is 37.4 Å². The molecule has 0 unspecified atom stereocenters. The minimum absolute atomic E-state index is 0.309. The second-order valence-electron chi connectivity index (χ2n) is 4.36. The molecule has 0 atom stereocenters. The van der Waals surface area contributed by atoms with E-state index in [1.54, 1.807) is 25.1 Å². The molecule has 1 aliphatic heterocycles. The highest BCUT2D eigenvalue weighted by atomic mass is 19.1. The van der Waals surface area contributed by atoms with E-state index in [1.807, 2.05) is 0 Å². The molecular weight excluding hydrogens is 245 g/mol. The summed E-state index contributed by atoms with van der Waals surface area (Å²) in [6.45, 7) is 2.06. The van der Waals surface area contributed by atoms with E-state index in [-0.39, 0.29) is 17.6 Å². The van der Waals surface area contributed by atoms with Crippen LogP contribution in [0.1, 0.15) is 17.5 Å². The Labute approximate surface area is 111 Å². The maximum absolute atomic E-state index is 13.3. The second-order valence-corrected chi connectivity index (χ2v) is 4.36. The first-order valence-corrected chi connectivity index (χ1v) is 6.04. The van der Waals surface area contributed by atoms with Gasteiger partial charge in [-0.3, -0.25) is 14.5 Å². The Balaban J connectivity index is 2.09. The largest absolute Gasteiger partial charge is 0.275 e. The fraction of sp³-hybridized carbons (Fsp3) is 0.200. The van der Waals surface area contributed by atoms with Crippen molar-refractivity contribution in [1.82, 2.24) is 4.90 Å². The van der Waals surface area contributed by atoms with E-state index in [0.717, 1.165) is 0 Å². The lowest BCUT2D eigenvalue weighted by Crippen LogP contribution is -2.37. The van der Waals surface area contributed by atoms with Crippen LogP contribution in [0.3, 0.4) is 0 Å². The van der Waals surface area contributed by atoms with Gasteiger partial charge < -0.3 is 0 Å². The molecule has 0 aromatic heterocycles. The minimum Gasteiger partial charge on any atom is -0.275 e. The highest BCUT2D eigenvalue weighted by molar-refractivity contribution is 6.06. The normalized spacial score (nSPS) is 15.3. The van der Waals surface area contributed by atoms with Gasteiger partial charge in [0.1, 0.15) is 5.82 Å². The van der Waals surface area contributed by atoms with Crippen LogP contribution in [0.15, 0.2) is 36.4 Å². The smallest absolute Gasteiger partial charge is 0.253 e. The third-order valence-corrected chi connectivity index (χ3v) is 2.93. The number of hydrogen-bond acceptors (Lipinski definition) is 2. The molecule has 0 radical (unpaired) electrons. The van der Waals surface area contributed by atoms with Crippen molar-refractivity contribution < 1.29 is 14.0 Å². The van der Waals surface area contributed by atoms with E-state index in [0.29, 0.717) is 24.1 Å². The molecule has 1 heterocycles. The number of benzene rings is 1. The zero-order valence-corrected chi connectivity index (χ0v) is 10.6. The lowest BCUT2D eigenvalue weighted by molar-refractivity contribution is -0.139. The molecular formula is C15H14FNO2. The van der Waals surface area contributed by atoms with Gasteiger partial charge in [0.2, 0.25) is 0 Å². The van der Waals surface area contributed by atoms with Gasteiger partial charge in [-0.2, -0.15) is 0 Å². The van der Waals surface area contributed by atoms with E-state index >= 15 is 0 Å². The number of amides is 2. The van der Waals surface area contributed by atoms with Crippen LogP contribution >= 0.6 is 0 Å². The van der Waals surface area contributed by atoms with Crippen LogP contribution < -0.4 is 0 Å². The van der Waals surface area contributed by atoms with E-state index < -0.39 is 0 Å². The highest BCUT2D eigenvalue weighted by Crippen LogP contribution is 2.11. The van der Waals surface area contributed by atoms with Gasteiger partial charge in [0.05, 0.1) is 0 Å². The Morgan fingerprint density at radius 2 is 2.21 bits per heavy atom. The van der Waals surface area contributed by atoms with Crippen LogP contribution in [0.4, 0.5) is 4.39 Å². The molecule has 1 aliphatic rings. The molecule has 0 spiro atoms. The fourth-order valence-electron chi connectivity index (χ4n) is 1.78. The van der Waals surface area contributed by atoms with Crippen molar-refractivity contribution in [1.29, 1.82) is 0 Å². The maximum atomic E-state index is 13.3. The average Bonchev–Trinajstić information content (AvgIpc) is 2.40. The Kier molecular flexibility index (Phi) is 3.90. The van der Waals surface area contributed by atoms with Gasteiger partial charge in [-0.05, 0) is 42.7 Å². The fourth-order valence-corrected chi connectivity index (χ4v) is 1.78. The van der Waals surface area contributed by atoms with Crippen molar-refractivity contribution in [3.63, 3.8) is 0 Å². The Morgan fingerprint density at radius 1 is 1.42 bits per heavy atom. The van der Waals surface area contributed by atoms with Crippen LogP contribution in [-0.2, 0) is 9.59 Å². The summed E-state index contributed by atoms with van der Waals surface area (Å²) >= 11 is 0. The third kappa shape index (κ3) is 3.16. The van der Waals surface area contributed by atoms with Crippen LogP contribution in [0.25, 0.3) is 6.08 Å². The van der Waals surface area contributed by atoms with Gasteiger partial charge in [0, 0.05) is 12.6 Å². The van der Waals surface area contributed by atoms with E-state index in [2.05, 4.69) is 0 Å². The Bertz CT molecular complexity index is 576. The van der Waals surface area contributed by atoms with Gasteiger partial charge in [-0.25, -0.2) is 4.39 Å². The lowest BCUT2D eigenvalue weighted by atomic mass is 10.1. The lowest BCUT2D eigenvalue weighted by Gasteiger charge is -2.19. The second kappa shape index (κ2) is 5.61. The number of nitrogens with zero attached hydrogens (tertiary/aromatic N) is 1. The first kappa shape index (κ1) is 13.2. The molecule has 3 nitrogen and oxygen atoms in total. The SMILES string of the molecule is Cc1ccc(/C=C/C(=O)N2CCC=CC2=O)cc1F. The summed E-state index contributed by atoms with van der Waals surface area (Å²) in [5.41, 5.74) is 1.15. The summed E-state index contributed by atoms with van der Waals surface area (Å²) < 4.78 is 13.3. The van der Waals surface area contributed by atoms with Crippen LogP contribution in [-0.4, -0.2) is 23.3 Å². The molecule has 0 bridgehead atoms. The number of hydrogen-bond donors (Lipinski definition) is 0. The summed E-state index contributed by atoms with van der Waals surface area (Å²) in [6.07, 6.45) is 6.61. The summed E-state index contributed by atoms with van der Waals surface area (Å²) in [6, 6.07) is 4.73. The first-order chi connectivity index (χ1) is 9.08. The predicted molar refractivity (Wildman–Crippen MR) is 70.6 cm³/mol. The predicted octanol–water partition coefficient (Wildman–Crippen LogP) is 2.46. The highest BCUT2D eigenvalue weighted by Gasteiger charge is 2.18. The van der Waals surface area contributed by atoms with Crippen LogP contribution in [0.5, 0.6) is 0 Å². The first-order valence-electron chi connectivity index (χ1n) is 6.04. The number of carbonyl (C=O) groups is 2. The van der Waals surface area contributed by atoms with E-state index in [9.17, 15) is 14.0 Å². The number of aryl methyl sites for hydroxylation is 1. The summed E-state index contributed by atoms with van der Waals surface area (Å²) in [5, 5.41) is 0. The molecule has 98 valence electrons. The van der Waals surface area contributed by atoms with Gasteiger partial charge in [0.25, 0.3) is 11.8 Å². The molecule has 4 heteroatoms. The Hall–Kier alpha value is -2.23. The molecule has 0 N–H and O–H groups in total. The van der Waals surface area contributed by atoms with Gasteiger partial charge in [-0.1, -0.05) is 18.2 Å². The molecule has 1 aromatic carbocycles. The maximum Gasteiger partial charge on any atom is 0.253 e. The van der Waals surface area contributed by atoms with Crippen molar-refractivity contribution in [3.05, 3.63) is 53.4 Å². The summed E-state index contributed by atoms with van der Waals surface area (Å²) in [5.74, 6) is -1.00. The third-order valence-electron chi connectivity index (χ3n) is 2.93. The number of halogens is 1. The minimum atomic E-state index is -0.379. The molecule has 2 rings (SSSR count). The quantitative estimate of drug-likeness (QED) is 0.765. The molecule has 1 aromatic rings. The zero-order chi connectivity index (χ0) is 13.8. The van der Waals surface area contributed by atoms with Crippen molar-refractivity contribution in [2.45, 2.75) is 13.3 Å². The molecule has 0 fully saturated rings. The van der Waals surface area contributed by atoms with E-state index in [4.69, 9.17) is 0 Å². The monoisotopic (exact) mass is 259 g/mol. The van der Waals surface area contributed by atoms with Gasteiger partial charge in [0.15, 0.2) is 0 Å². The van der Waals surface area contributed by atoms with Crippen molar-refractivity contribution in [3.8, 4) is 0 Å². The molecule has 0 saturated heterocycles. The number of imide groups is 1. The van der Waals surface area contributed by atoms with Crippen molar-refractivity contribution >= 4 is 17.9 Å². The van der Waals surface area contributed by atoms with Crippen LogP contribution in [0, 0.1) is 12.7 Å². The number of rotatable bonds is 2. The Morgan fingerprint density at radius 3 is 2.89 bits per heavy atom. The zero-order valence-electron chi connectivity index (χ0n) is 10.6. The molecule has 19 heavy (non-hydrogen) atoms. The number of carbonyl (C=O) groups excluding carboxylic acids is 2. The molecule has 0 saturated carbocycles. The van der Waals surface area contributed by atoms with E-state index in [1.165, 1.54) is 29.2 Å². The summed E-state index contributed by atoms with van der Waals surface area (Å²) in [7, 11) is 0. The molecule has 2 amide bonds. The summed E-state index contributed by atoms with van der Waals surface area (Å²) in [4.78, 5) is 24.5. The average molecular weight is 259 g/mol. The standard InChI is InChI=1S/C15H14FNO2/c1-11-5-6-12(10-13(11)16)7-8-15(19)17-9-3-2-4-14(17)18/h2,4-8,10H,3,9H2,1H3/b8-7+. The van der Waals surface area contributed by atoms with Gasteiger partial charge >= 0.3 is 0 Å².